The second-order valence-electron chi connectivity index (χ2n) is 14.3. The van der Waals surface area contributed by atoms with Crippen LogP contribution in [0.4, 0.5) is 5.69 Å². The number of anilines is 1. The molecule has 248 valence electrons. The number of imidazole rings is 1. The van der Waals surface area contributed by atoms with E-state index < -0.39 is 0 Å². The highest BCUT2D eigenvalue weighted by Crippen LogP contribution is 2.53. The van der Waals surface area contributed by atoms with Crippen LogP contribution in [-0.2, 0) is 18.5 Å². The van der Waals surface area contributed by atoms with E-state index in [9.17, 15) is 0 Å². The van der Waals surface area contributed by atoms with Crippen molar-refractivity contribution in [1.29, 1.82) is 0 Å². The normalized spacial score (nSPS) is 17.8. The Morgan fingerprint density at radius 3 is 2.18 bits per heavy atom. The average molecular weight is 661 g/mol. The summed E-state index contributed by atoms with van der Waals surface area (Å²) in [6.07, 6.45) is 15.9. The highest BCUT2D eigenvalue weighted by molar-refractivity contribution is 5.96. The van der Waals surface area contributed by atoms with Crippen LogP contribution >= 0.6 is 0 Å². The van der Waals surface area contributed by atoms with Gasteiger partial charge >= 0.3 is 0 Å². The molecule has 0 N–H and O–H groups in total. The Morgan fingerprint density at radius 2 is 1.43 bits per heavy atom. The zero-order chi connectivity index (χ0) is 34.4. The highest BCUT2D eigenvalue weighted by Gasteiger charge is 2.43. The van der Waals surface area contributed by atoms with Crippen molar-refractivity contribution in [3.05, 3.63) is 198 Å². The molecule has 2 aliphatic rings. The number of benzene rings is 6. The van der Waals surface area contributed by atoms with E-state index >= 15 is 0 Å². The summed E-state index contributed by atoms with van der Waals surface area (Å²) in [5.41, 5.74) is 10.4. The van der Waals surface area contributed by atoms with Gasteiger partial charge in [0.15, 0.2) is 11.0 Å². The Hall–Kier alpha value is -5.93. The summed E-state index contributed by atoms with van der Waals surface area (Å²) in [5, 5.41) is 5.15. The lowest BCUT2D eigenvalue weighted by atomic mass is 9.74. The van der Waals surface area contributed by atoms with Crippen LogP contribution in [0.5, 0.6) is 0 Å². The maximum absolute atomic E-state index is 2.50. The van der Waals surface area contributed by atoms with Gasteiger partial charge in [0.2, 0.25) is 0 Å². The summed E-state index contributed by atoms with van der Waals surface area (Å²) in [6.45, 7) is 4.02. The number of rotatable bonds is 8. The Kier molecular flexibility index (Phi) is 7.77. The van der Waals surface area contributed by atoms with Crippen LogP contribution in [0, 0.1) is 0 Å². The predicted octanol–water partition coefficient (Wildman–Crippen LogP) is 10.9. The quantitative estimate of drug-likeness (QED) is 0.148. The SMILES string of the molecule is CN1/C(=C/C=C/c2n(Cc3ccccc3)c3cc4ccccc4cc3[n+]2Cc2ccccc2)C(C)(CC2=CC=CC2)c2c1ccc1ccccc21. The van der Waals surface area contributed by atoms with Gasteiger partial charge in [0.05, 0.1) is 0 Å². The molecule has 0 fully saturated rings. The van der Waals surface area contributed by atoms with Gasteiger partial charge in [-0.3, -0.25) is 0 Å². The fourth-order valence-electron chi connectivity index (χ4n) is 8.61. The molecule has 0 radical (unpaired) electrons. The van der Waals surface area contributed by atoms with Gasteiger partial charge in [0.25, 0.3) is 5.82 Å². The highest BCUT2D eigenvalue weighted by atomic mass is 15.2. The first-order chi connectivity index (χ1) is 25.1. The molecule has 1 aliphatic heterocycles. The molecule has 51 heavy (non-hydrogen) atoms. The van der Waals surface area contributed by atoms with Crippen LogP contribution in [0.1, 0.15) is 42.3 Å². The summed E-state index contributed by atoms with van der Waals surface area (Å²) in [6, 6.07) is 48.6. The fraction of sp³-hybridized carbons (Fsp3) is 0.146. The number of fused-ring (bicyclic) bond motifs is 5. The minimum absolute atomic E-state index is 0.179. The van der Waals surface area contributed by atoms with E-state index in [4.69, 9.17) is 0 Å². The monoisotopic (exact) mass is 660 g/mol. The van der Waals surface area contributed by atoms with Crippen molar-refractivity contribution < 1.29 is 4.57 Å². The number of hydrogen-bond donors (Lipinski definition) is 0. The molecular formula is C48H42N3+. The Bertz CT molecular complexity index is 2450. The predicted molar refractivity (Wildman–Crippen MR) is 214 cm³/mol. The van der Waals surface area contributed by atoms with Crippen molar-refractivity contribution in [2.45, 2.75) is 38.3 Å². The standard InChI is InChI=1S/C48H42N3/c1-48(32-35-16-9-10-17-35)45(49(2)42-29-28-38-22-13-14-25-41(38)47(42)48)26-15-27-46-50(33-36-18-5-3-6-19-36)43-30-39-23-11-12-24-40(39)31-44(43)51(46)34-37-20-7-4-8-21-37/h3-16,18-31H,17,32-34H2,1-2H3/q+1. The summed E-state index contributed by atoms with van der Waals surface area (Å²) in [7, 11) is 2.24. The number of allylic oxidation sites excluding steroid dienone is 7. The Labute approximate surface area is 300 Å². The van der Waals surface area contributed by atoms with Crippen LogP contribution in [-0.4, -0.2) is 11.6 Å². The van der Waals surface area contributed by atoms with E-state index in [1.807, 2.05) is 0 Å². The summed E-state index contributed by atoms with van der Waals surface area (Å²) in [5.74, 6) is 1.18. The molecule has 0 bridgehead atoms. The van der Waals surface area contributed by atoms with E-state index in [0.717, 1.165) is 25.9 Å². The number of nitrogens with zero attached hydrogens (tertiary/aromatic N) is 3. The van der Waals surface area contributed by atoms with Gasteiger partial charge in [-0.05, 0) is 82.3 Å². The van der Waals surface area contributed by atoms with Crippen molar-refractivity contribution in [3.63, 3.8) is 0 Å². The molecule has 0 saturated carbocycles. The van der Waals surface area contributed by atoms with Crippen LogP contribution in [0.2, 0.25) is 0 Å². The minimum Gasteiger partial charge on any atom is -0.347 e. The molecule has 0 spiro atoms. The van der Waals surface area contributed by atoms with Gasteiger partial charge in [-0.15, -0.1) is 0 Å². The first kappa shape index (κ1) is 31.1. The molecule has 0 saturated heterocycles. The first-order valence-electron chi connectivity index (χ1n) is 18.1. The molecule has 6 aromatic carbocycles. The molecule has 1 aliphatic carbocycles. The zero-order valence-corrected chi connectivity index (χ0v) is 29.3. The van der Waals surface area contributed by atoms with Gasteiger partial charge in [-0.2, -0.15) is 0 Å². The number of aromatic nitrogens is 2. The van der Waals surface area contributed by atoms with Crippen LogP contribution in [0.15, 0.2) is 175 Å². The lowest BCUT2D eigenvalue weighted by Crippen LogP contribution is -2.37. The second kappa shape index (κ2) is 12.8. The summed E-state index contributed by atoms with van der Waals surface area (Å²) >= 11 is 0. The number of likely N-dealkylation sites (N-methyl/N-ethyl adjacent to an activating group) is 1. The minimum atomic E-state index is -0.179. The van der Waals surface area contributed by atoms with Crippen molar-refractivity contribution in [2.24, 2.45) is 0 Å². The van der Waals surface area contributed by atoms with E-state index in [2.05, 4.69) is 198 Å². The topological polar surface area (TPSA) is 12.1 Å². The van der Waals surface area contributed by atoms with E-state index in [1.54, 1.807) is 0 Å². The van der Waals surface area contributed by atoms with Crippen molar-refractivity contribution in [2.75, 3.05) is 11.9 Å². The van der Waals surface area contributed by atoms with Crippen LogP contribution in [0.25, 0.3) is 38.7 Å². The lowest BCUT2D eigenvalue weighted by Gasteiger charge is -2.30. The van der Waals surface area contributed by atoms with Gasteiger partial charge in [0, 0.05) is 29.9 Å². The van der Waals surface area contributed by atoms with Crippen molar-refractivity contribution >= 4 is 44.3 Å². The maximum atomic E-state index is 2.50. The number of hydrogen-bond acceptors (Lipinski definition) is 1. The first-order valence-corrected chi connectivity index (χ1v) is 18.1. The van der Waals surface area contributed by atoms with E-state index in [0.29, 0.717) is 0 Å². The van der Waals surface area contributed by atoms with Gasteiger partial charge in [-0.25, -0.2) is 9.13 Å². The average Bonchev–Trinajstić information content (AvgIpc) is 3.83. The molecule has 3 nitrogen and oxygen atoms in total. The molecular weight excluding hydrogens is 619 g/mol. The van der Waals surface area contributed by atoms with Crippen molar-refractivity contribution in [1.82, 2.24) is 4.57 Å². The summed E-state index contributed by atoms with van der Waals surface area (Å²) < 4.78 is 5.01. The molecule has 7 aromatic rings. The largest absolute Gasteiger partial charge is 0.347 e. The van der Waals surface area contributed by atoms with Gasteiger partial charge < -0.3 is 4.90 Å². The Balaban J connectivity index is 1.23. The smallest absolute Gasteiger partial charge is 0.282 e. The third-order valence-electron chi connectivity index (χ3n) is 11.0. The fourth-order valence-corrected chi connectivity index (χ4v) is 8.61. The maximum Gasteiger partial charge on any atom is 0.282 e. The molecule has 1 atom stereocenters. The molecule has 0 amide bonds. The zero-order valence-electron chi connectivity index (χ0n) is 29.3. The molecule has 1 aromatic heterocycles. The van der Waals surface area contributed by atoms with Gasteiger partial charge in [-0.1, -0.05) is 145 Å². The molecule has 9 rings (SSSR count). The molecule has 1 unspecified atom stereocenters. The third-order valence-corrected chi connectivity index (χ3v) is 11.0. The second-order valence-corrected chi connectivity index (χ2v) is 14.3. The van der Waals surface area contributed by atoms with Crippen LogP contribution < -0.4 is 9.47 Å². The Morgan fingerprint density at radius 1 is 0.745 bits per heavy atom. The van der Waals surface area contributed by atoms with E-state index in [-0.39, 0.29) is 5.41 Å². The summed E-state index contributed by atoms with van der Waals surface area (Å²) in [4.78, 5) is 2.43. The van der Waals surface area contributed by atoms with Crippen molar-refractivity contribution in [3.8, 4) is 0 Å². The third kappa shape index (κ3) is 5.50. The lowest BCUT2D eigenvalue weighted by molar-refractivity contribution is -0.665. The molecule has 2 heterocycles. The van der Waals surface area contributed by atoms with Crippen LogP contribution in [0.3, 0.4) is 0 Å². The van der Waals surface area contributed by atoms with E-state index in [1.165, 1.54) is 72.1 Å². The van der Waals surface area contributed by atoms with Gasteiger partial charge in [0.1, 0.15) is 13.1 Å². The molecule has 3 heteroatoms.